The van der Waals surface area contributed by atoms with Crippen molar-refractivity contribution >= 4 is 40.8 Å². The molecule has 6 nitrogen and oxygen atoms in total. The Bertz CT molecular complexity index is 1020. The van der Waals surface area contributed by atoms with E-state index in [0.29, 0.717) is 10.6 Å². The highest BCUT2D eigenvalue weighted by atomic mass is 35.5. The summed E-state index contributed by atoms with van der Waals surface area (Å²) in [6.07, 6.45) is -5.13. The van der Waals surface area contributed by atoms with Crippen LogP contribution in [-0.2, 0) is 20.8 Å². The van der Waals surface area contributed by atoms with Crippen molar-refractivity contribution in [3.63, 3.8) is 0 Å². The molecule has 0 saturated carbocycles. The van der Waals surface area contributed by atoms with Crippen molar-refractivity contribution < 1.29 is 32.3 Å². The van der Waals surface area contributed by atoms with Crippen LogP contribution in [0, 0.1) is 5.92 Å². The molecule has 0 bridgehead atoms. The minimum atomic E-state index is -5.12. The van der Waals surface area contributed by atoms with Crippen molar-refractivity contribution in [1.82, 2.24) is 10.6 Å². The van der Waals surface area contributed by atoms with Gasteiger partial charge in [0.1, 0.15) is 11.8 Å². The van der Waals surface area contributed by atoms with E-state index in [-0.39, 0.29) is 17.2 Å². The number of benzene rings is 2. The van der Waals surface area contributed by atoms with Gasteiger partial charge in [-0.05, 0) is 23.6 Å². The molecule has 2 aromatic carbocycles. The maximum absolute atomic E-state index is 13.0. The molecule has 2 rings (SSSR count). The summed E-state index contributed by atoms with van der Waals surface area (Å²) < 4.78 is 44.3. The fourth-order valence-corrected chi connectivity index (χ4v) is 3.26. The van der Waals surface area contributed by atoms with Crippen molar-refractivity contribution in [2.75, 3.05) is 6.61 Å². The molecule has 0 aliphatic rings. The third-order valence-electron chi connectivity index (χ3n) is 4.72. The predicted octanol–water partition coefficient (Wildman–Crippen LogP) is 4.37. The smallest absolute Gasteiger partial charge is 0.452 e. The maximum atomic E-state index is 13.0. The maximum Gasteiger partial charge on any atom is 0.452 e. The monoisotopic (exact) mass is 518 g/mol. The minimum absolute atomic E-state index is 0.0176. The second-order valence-corrected chi connectivity index (χ2v) is 8.58. The zero-order valence-corrected chi connectivity index (χ0v) is 19.8. The van der Waals surface area contributed by atoms with Crippen LogP contribution in [0.1, 0.15) is 19.4 Å². The Kier molecular flexibility index (Phi) is 9.76. The van der Waals surface area contributed by atoms with Crippen molar-refractivity contribution in [3.05, 3.63) is 64.1 Å². The van der Waals surface area contributed by atoms with Gasteiger partial charge >= 0.3 is 6.18 Å². The number of ketones is 1. The third kappa shape index (κ3) is 8.22. The van der Waals surface area contributed by atoms with E-state index in [2.05, 4.69) is 10.6 Å². The quantitative estimate of drug-likeness (QED) is 0.489. The summed E-state index contributed by atoms with van der Waals surface area (Å²) in [5.41, 5.74) is 0.650. The van der Waals surface area contributed by atoms with Crippen LogP contribution in [0.4, 0.5) is 13.2 Å². The average Bonchev–Trinajstić information content (AvgIpc) is 2.77. The fraction of sp³-hybridized carbons (Fsp3) is 0.348. The van der Waals surface area contributed by atoms with E-state index in [1.807, 2.05) is 0 Å². The number of Topliss-reactive ketones (excluding diaryl/α,β-unsaturated/α-hetero) is 1. The van der Waals surface area contributed by atoms with Crippen LogP contribution >= 0.6 is 23.2 Å². The van der Waals surface area contributed by atoms with Crippen LogP contribution < -0.4 is 15.4 Å². The lowest BCUT2D eigenvalue weighted by molar-refractivity contribution is -0.175. The fourth-order valence-electron chi connectivity index (χ4n) is 2.98. The first-order valence-corrected chi connectivity index (χ1v) is 11.0. The molecule has 11 heteroatoms. The van der Waals surface area contributed by atoms with Crippen LogP contribution in [0.5, 0.6) is 5.75 Å². The van der Waals surface area contributed by atoms with Crippen LogP contribution in [0.3, 0.4) is 0 Å². The second kappa shape index (κ2) is 12.1. The van der Waals surface area contributed by atoms with E-state index in [0.717, 1.165) is 0 Å². The average molecular weight is 519 g/mol. The summed E-state index contributed by atoms with van der Waals surface area (Å²) in [6.45, 7) is 2.26. The summed E-state index contributed by atoms with van der Waals surface area (Å²) in [6, 6.07) is 9.88. The molecule has 2 aromatic rings. The summed E-state index contributed by atoms with van der Waals surface area (Å²) in [5.74, 6) is -4.27. The van der Waals surface area contributed by atoms with E-state index < -0.39 is 48.4 Å². The summed E-state index contributed by atoms with van der Waals surface area (Å²) in [4.78, 5) is 37.1. The lowest BCUT2D eigenvalue weighted by atomic mass is 9.98. The summed E-state index contributed by atoms with van der Waals surface area (Å²) in [7, 11) is 0. The second-order valence-electron chi connectivity index (χ2n) is 7.77. The molecule has 0 radical (unpaired) electrons. The van der Waals surface area contributed by atoms with Crippen LogP contribution in [0.15, 0.2) is 48.5 Å². The molecule has 0 heterocycles. The highest BCUT2D eigenvalue weighted by molar-refractivity contribution is 6.42. The number of carbonyl (C=O) groups is 3. The van der Waals surface area contributed by atoms with Gasteiger partial charge in [0, 0.05) is 12.5 Å². The Hall–Kier alpha value is -2.78. The van der Waals surface area contributed by atoms with Gasteiger partial charge in [-0.2, -0.15) is 13.2 Å². The number of nitrogens with one attached hydrogen (secondary N) is 2. The molecule has 0 spiro atoms. The van der Waals surface area contributed by atoms with Gasteiger partial charge in [0.15, 0.2) is 6.61 Å². The Labute approximate surface area is 204 Å². The summed E-state index contributed by atoms with van der Waals surface area (Å²) >= 11 is 11.7. The number of ether oxygens (including phenoxy) is 1. The first kappa shape index (κ1) is 27.5. The number of halogens is 5. The normalized spacial score (nSPS) is 13.2. The van der Waals surface area contributed by atoms with Crippen molar-refractivity contribution in [2.24, 2.45) is 5.92 Å². The zero-order chi connectivity index (χ0) is 25.5. The van der Waals surface area contributed by atoms with Crippen LogP contribution in [0.25, 0.3) is 0 Å². The molecule has 2 atom stereocenters. The Balaban J connectivity index is 2.14. The highest BCUT2D eigenvalue weighted by Crippen LogP contribution is 2.26. The molecule has 0 aliphatic carbocycles. The van der Waals surface area contributed by atoms with Gasteiger partial charge in [-0.15, -0.1) is 0 Å². The van der Waals surface area contributed by atoms with Crippen molar-refractivity contribution in [1.29, 1.82) is 0 Å². The largest absolute Gasteiger partial charge is 0.484 e. The van der Waals surface area contributed by atoms with Gasteiger partial charge in [-0.1, -0.05) is 67.4 Å². The first-order valence-electron chi connectivity index (χ1n) is 10.2. The van der Waals surface area contributed by atoms with Gasteiger partial charge in [-0.3, -0.25) is 14.4 Å². The molecule has 0 saturated heterocycles. The van der Waals surface area contributed by atoms with E-state index in [1.165, 1.54) is 32.0 Å². The molecule has 34 heavy (non-hydrogen) atoms. The van der Waals surface area contributed by atoms with Gasteiger partial charge in [-0.25, -0.2) is 0 Å². The molecule has 0 fully saturated rings. The Morgan fingerprint density at radius 2 is 1.62 bits per heavy atom. The molecule has 2 amide bonds. The standard InChI is InChI=1S/C23H23Cl2F3N2O4/c1-13(2)20(21(32)23(26,27)28)30-22(33)18(10-14-6-4-3-5-7-14)29-19(31)12-34-15-8-9-16(24)17(25)11-15/h3-9,11,13,18,20H,10,12H2,1-2H3,(H,29,31)(H,30,33)/t18?,20-/m0/s1. The van der Waals surface area contributed by atoms with Gasteiger partial charge in [0.2, 0.25) is 5.91 Å². The topological polar surface area (TPSA) is 84.5 Å². The Morgan fingerprint density at radius 3 is 2.18 bits per heavy atom. The molecular weight excluding hydrogens is 496 g/mol. The summed E-state index contributed by atoms with van der Waals surface area (Å²) in [5, 5.41) is 5.11. The predicted molar refractivity (Wildman–Crippen MR) is 122 cm³/mol. The highest BCUT2D eigenvalue weighted by Gasteiger charge is 2.45. The minimum Gasteiger partial charge on any atom is -0.484 e. The molecule has 2 N–H and O–H groups in total. The van der Waals surface area contributed by atoms with E-state index in [9.17, 15) is 27.6 Å². The molecule has 0 aromatic heterocycles. The van der Waals surface area contributed by atoms with Gasteiger partial charge in [0.25, 0.3) is 11.7 Å². The number of amides is 2. The molecule has 184 valence electrons. The number of hydrogen-bond acceptors (Lipinski definition) is 4. The van der Waals surface area contributed by atoms with E-state index >= 15 is 0 Å². The first-order chi connectivity index (χ1) is 15.9. The van der Waals surface area contributed by atoms with Crippen LogP contribution in [0.2, 0.25) is 10.0 Å². The Morgan fingerprint density at radius 1 is 0.971 bits per heavy atom. The lowest BCUT2D eigenvalue weighted by Crippen LogP contribution is -2.56. The van der Waals surface area contributed by atoms with Gasteiger partial charge < -0.3 is 15.4 Å². The zero-order valence-electron chi connectivity index (χ0n) is 18.3. The number of hydrogen-bond donors (Lipinski definition) is 2. The third-order valence-corrected chi connectivity index (χ3v) is 5.46. The molecule has 1 unspecified atom stereocenters. The van der Waals surface area contributed by atoms with Gasteiger partial charge in [0.05, 0.1) is 16.1 Å². The van der Waals surface area contributed by atoms with Crippen molar-refractivity contribution in [2.45, 2.75) is 38.5 Å². The van der Waals surface area contributed by atoms with Crippen LogP contribution in [-0.4, -0.2) is 42.5 Å². The SMILES string of the molecule is CC(C)[C@H](NC(=O)C(Cc1ccccc1)NC(=O)COc1ccc(Cl)c(Cl)c1)C(=O)C(F)(F)F. The molecule has 0 aliphatic heterocycles. The number of rotatable bonds is 10. The number of alkyl halides is 3. The number of carbonyl (C=O) groups excluding carboxylic acids is 3. The lowest BCUT2D eigenvalue weighted by Gasteiger charge is -2.25. The van der Waals surface area contributed by atoms with E-state index in [1.54, 1.807) is 30.3 Å². The van der Waals surface area contributed by atoms with E-state index in [4.69, 9.17) is 27.9 Å². The van der Waals surface area contributed by atoms with Crippen molar-refractivity contribution in [3.8, 4) is 5.75 Å². The molecular formula is C23H23Cl2F3N2O4.